The Morgan fingerprint density at radius 2 is 1.56 bits per heavy atom. The summed E-state index contributed by atoms with van der Waals surface area (Å²) in [5.41, 5.74) is 2.24. The van der Waals surface area contributed by atoms with Crippen LogP contribution < -0.4 is 5.32 Å². The number of ketones is 1. The fourth-order valence-electron chi connectivity index (χ4n) is 2.94. The summed E-state index contributed by atoms with van der Waals surface area (Å²) >= 11 is 0. The molecular weight excluding hydrogens is 318 g/mol. The number of carboxylic acids is 1. The molecule has 128 valence electrons. The summed E-state index contributed by atoms with van der Waals surface area (Å²) in [5, 5.41) is 11.7. The van der Waals surface area contributed by atoms with Crippen LogP contribution in [-0.4, -0.2) is 28.8 Å². The van der Waals surface area contributed by atoms with Crippen molar-refractivity contribution < 1.29 is 19.5 Å². The Bertz CT molecular complexity index is 820. The van der Waals surface area contributed by atoms with E-state index in [4.69, 9.17) is 5.11 Å². The predicted octanol–water partition coefficient (Wildman–Crippen LogP) is 2.82. The molecular formula is C20H19NO4. The fraction of sp³-hybridized carbons (Fsp3) is 0.250. The smallest absolute Gasteiger partial charge is 0.306 e. The van der Waals surface area contributed by atoms with Crippen LogP contribution >= 0.6 is 0 Å². The van der Waals surface area contributed by atoms with Crippen LogP contribution in [0.5, 0.6) is 0 Å². The van der Waals surface area contributed by atoms with Gasteiger partial charge in [0, 0.05) is 17.2 Å². The molecule has 1 aliphatic rings. The maximum absolute atomic E-state index is 12.7. The standard InChI is InChI=1S/C20H19NO4/c1-12-6-8-13(9-7-12)18(22)16-4-2-3-5-17(16)19(23)21-15-10-14(11-15)20(24)25/h2-9,14-15H,10-11H2,1H3,(H,21,23)(H,24,25). The molecule has 5 heteroatoms. The summed E-state index contributed by atoms with van der Waals surface area (Å²) in [5.74, 6) is -1.78. The Morgan fingerprint density at radius 3 is 2.16 bits per heavy atom. The van der Waals surface area contributed by atoms with Crippen molar-refractivity contribution in [2.24, 2.45) is 5.92 Å². The first-order valence-electron chi connectivity index (χ1n) is 8.20. The third-order valence-corrected chi connectivity index (χ3v) is 4.55. The van der Waals surface area contributed by atoms with Gasteiger partial charge in [-0.1, -0.05) is 48.0 Å². The molecule has 1 aliphatic carbocycles. The van der Waals surface area contributed by atoms with Gasteiger partial charge >= 0.3 is 5.97 Å². The number of hydrogen-bond donors (Lipinski definition) is 2. The van der Waals surface area contributed by atoms with Crippen LogP contribution in [0, 0.1) is 12.8 Å². The largest absolute Gasteiger partial charge is 0.481 e. The van der Waals surface area contributed by atoms with Gasteiger partial charge in [-0.05, 0) is 25.8 Å². The van der Waals surface area contributed by atoms with Crippen molar-refractivity contribution >= 4 is 17.7 Å². The lowest BCUT2D eigenvalue weighted by Crippen LogP contribution is -2.46. The van der Waals surface area contributed by atoms with E-state index in [9.17, 15) is 14.4 Å². The Morgan fingerprint density at radius 1 is 0.960 bits per heavy atom. The molecule has 0 bridgehead atoms. The number of carbonyl (C=O) groups is 3. The van der Waals surface area contributed by atoms with Gasteiger partial charge in [0.2, 0.25) is 0 Å². The van der Waals surface area contributed by atoms with Crippen LogP contribution in [0.15, 0.2) is 48.5 Å². The van der Waals surface area contributed by atoms with Crippen molar-refractivity contribution in [2.45, 2.75) is 25.8 Å². The summed E-state index contributed by atoms with van der Waals surface area (Å²) in [6, 6.07) is 13.7. The van der Waals surface area contributed by atoms with Gasteiger partial charge in [0.15, 0.2) is 5.78 Å². The zero-order valence-electron chi connectivity index (χ0n) is 13.9. The van der Waals surface area contributed by atoms with Crippen LogP contribution in [-0.2, 0) is 4.79 Å². The average Bonchev–Trinajstić information content (AvgIpc) is 2.57. The molecule has 1 fully saturated rings. The van der Waals surface area contributed by atoms with E-state index < -0.39 is 11.9 Å². The van der Waals surface area contributed by atoms with Crippen molar-refractivity contribution in [3.05, 3.63) is 70.8 Å². The van der Waals surface area contributed by atoms with Crippen molar-refractivity contribution in [1.29, 1.82) is 0 Å². The van der Waals surface area contributed by atoms with Crippen molar-refractivity contribution in [2.75, 3.05) is 0 Å². The number of nitrogens with one attached hydrogen (secondary N) is 1. The van der Waals surface area contributed by atoms with Crippen LogP contribution in [0.2, 0.25) is 0 Å². The van der Waals surface area contributed by atoms with E-state index in [1.165, 1.54) is 0 Å². The van der Waals surface area contributed by atoms with E-state index >= 15 is 0 Å². The van der Waals surface area contributed by atoms with Gasteiger partial charge in [-0.2, -0.15) is 0 Å². The molecule has 0 aliphatic heterocycles. The first-order valence-corrected chi connectivity index (χ1v) is 8.20. The van der Waals surface area contributed by atoms with Gasteiger partial charge in [0.25, 0.3) is 5.91 Å². The summed E-state index contributed by atoms with van der Waals surface area (Å²) in [4.78, 5) is 36.1. The highest BCUT2D eigenvalue weighted by Gasteiger charge is 2.35. The fourth-order valence-corrected chi connectivity index (χ4v) is 2.94. The minimum absolute atomic E-state index is 0.156. The number of aryl methyl sites for hydroxylation is 1. The van der Waals surface area contributed by atoms with E-state index in [2.05, 4.69) is 5.32 Å². The second-order valence-electron chi connectivity index (χ2n) is 6.42. The molecule has 0 unspecified atom stereocenters. The monoisotopic (exact) mass is 337 g/mol. The third kappa shape index (κ3) is 3.60. The first kappa shape index (κ1) is 16.9. The summed E-state index contributed by atoms with van der Waals surface area (Å²) in [6.45, 7) is 1.94. The summed E-state index contributed by atoms with van der Waals surface area (Å²) < 4.78 is 0. The lowest BCUT2D eigenvalue weighted by Gasteiger charge is -2.33. The molecule has 3 rings (SSSR count). The third-order valence-electron chi connectivity index (χ3n) is 4.55. The van der Waals surface area contributed by atoms with E-state index in [1.807, 2.05) is 19.1 Å². The summed E-state index contributed by atoms with van der Waals surface area (Å²) in [7, 11) is 0. The van der Waals surface area contributed by atoms with Gasteiger partial charge in [-0.15, -0.1) is 0 Å². The molecule has 2 aromatic rings. The lowest BCUT2D eigenvalue weighted by atomic mass is 9.80. The molecule has 2 N–H and O–H groups in total. The minimum Gasteiger partial charge on any atom is -0.481 e. The highest BCUT2D eigenvalue weighted by atomic mass is 16.4. The molecule has 1 amide bonds. The Hall–Kier alpha value is -2.95. The van der Waals surface area contributed by atoms with Gasteiger partial charge < -0.3 is 10.4 Å². The van der Waals surface area contributed by atoms with Crippen molar-refractivity contribution in [3.63, 3.8) is 0 Å². The van der Waals surface area contributed by atoms with Crippen LogP contribution in [0.25, 0.3) is 0 Å². The SMILES string of the molecule is Cc1ccc(C(=O)c2ccccc2C(=O)NC2CC(C(=O)O)C2)cc1. The van der Waals surface area contributed by atoms with E-state index in [0.29, 0.717) is 29.5 Å². The average molecular weight is 337 g/mol. The van der Waals surface area contributed by atoms with Crippen molar-refractivity contribution in [1.82, 2.24) is 5.32 Å². The number of aliphatic carboxylic acids is 1. The van der Waals surface area contributed by atoms with Crippen LogP contribution in [0.4, 0.5) is 0 Å². The number of hydrogen-bond acceptors (Lipinski definition) is 3. The van der Waals surface area contributed by atoms with Crippen LogP contribution in [0.1, 0.15) is 44.7 Å². The molecule has 25 heavy (non-hydrogen) atoms. The van der Waals surface area contributed by atoms with E-state index in [0.717, 1.165) is 5.56 Å². The zero-order chi connectivity index (χ0) is 18.0. The highest BCUT2D eigenvalue weighted by Crippen LogP contribution is 2.28. The molecule has 0 saturated heterocycles. The van der Waals surface area contributed by atoms with Gasteiger partial charge in [0.05, 0.1) is 11.5 Å². The van der Waals surface area contributed by atoms with Gasteiger partial charge in [-0.3, -0.25) is 14.4 Å². The number of carboxylic acid groups (broad SMARTS) is 1. The highest BCUT2D eigenvalue weighted by molar-refractivity contribution is 6.15. The topological polar surface area (TPSA) is 83.5 Å². The molecule has 1 saturated carbocycles. The molecule has 0 atom stereocenters. The Labute approximate surface area is 145 Å². The second kappa shape index (κ2) is 6.89. The Kier molecular flexibility index (Phi) is 4.65. The molecule has 2 aromatic carbocycles. The normalized spacial score (nSPS) is 18.9. The second-order valence-corrected chi connectivity index (χ2v) is 6.42. The molecule has 5 nitrogen and oxygen atoms in total. The number of rotatable bonds is 5. The Balaban J connectivity index is 1.76. The minimum atomic E-state index is -0.833. The molecule has 0 heterocycles. The molecule has 0 aromatic heterocycles. The lowest BCUT2D eigenvalue weighted by molar-refractivity contribution is -0.145. The van der Waals surface area contributed by atoms with Gasteiger partial charge in [-0.25, -0.2) is 0 Å². The maximum atomic E-state index is 12.7. The first-order chi connectivity index (χ1) is 12.0. The molecule has 0 spiro atoms. The number of amides is 1. The maximum Gasteiger partial charge on any atom is 0.306 e. The zero-order valence-corrected chi connectivity index (χ0v) is 13.9. The van der Waals surface area contributed by atoms with E-state index in [-0.39, 0.29) is 17.7 Å². The van der Waals surface area contributed by atoms with Crippen molar-refractivity contribution in [3.8, 4) is 0 Å². The predicted molar refractivity (Wildman–Crippen MR) is 92.7 cm³/mol. The number of benzene rings is 2. The molecule has 0 radical (unpaired) electrons. The van der Waals surface area contributed by atoms with E-state index in [1.54, 1.807) is 36.4 Å². The quantitative estimate of drug-likeness (QED) is 0.822. The number of carbonyl (C=O) groups excluding carboxylic acids is 2. The van der Waals surface area contributed by atoms with Crippen LogP contribution in [0.3, 0.4) is 0 Å². The summed E-state index contributed by atoms with van der Waals surface area (Å²) in [6.07, 6.45) is 0.851. The van der Waals surface area contributed by atoms with Gasteiger partial charge in [0.1, 0.15) is 0 Å².